The molecule has 0 saturated carbocycles. The Morgan fingerprint density at radius 1 is 1.17 bits per heavy atom. The summed E-state index contributed by atoms with van der Waals surface area (Å²) in [5.74, 6) is 0.678. The van der Waals surface area contributed by atoms with Crippen molar-refractivity contribution in [2.75, 3.05) is 6.54 Å². The van der Waals surface area contributed by atoms with Crippen LogP contribution in [0.25, 0.3) is 10.2 Å². The number of aryl methyl sites for hydroxylation is 3. The lowest BCUT2D eigenvalue weighted by atomic mass is 10.1. The number of nitrogens with one attached hydrogen (secondary N) is 1. The number of rotatable bonds is 4. The summed E-state index contributed by atoms with van der Waals surface area (Å²) in [6, 6.07) is 7.67. The zero-order chi connectivity index (χ0) is 17.3. The van der Waals surface area contributed by atoms with Gasteiger partial charge in [-0.2, -0.15) is 0 Å². The van der Waals surface area contributed by atoms with E-state index in [0.717, 1.165) is 44.3 Å². The molecule has 0 spiro atoms. The Bertz CT molecular complexity index is 903. The fraction of sp³-hybridized carbons (Fsp3) is 0.278. The van der Waals surface area contributed by atoms with Gasteiger partial charge < -0.3 is 5.32 Å². The van der Waals surface area contributed by atoms with Crippen LogP contribution in [0.1, 0.15) is 32.3 Å². The van der Waals surface area contributed by atoms with Crippen LogP contribution in [0.2, 0.25) is 5.02 Å². The summed E-state index contributed by atoms with van der Waals surface area (Å²) in [6.07, 6.45) is 0.769. The molecular formula is C18H18ClN3OS. The molecular weight excluding hydrogens is 342 g/mol. The monoisotopic (exact) mass is 359 g/mol. The molecule has 4 nitrogen and oxygen atoms in total. The van der Waals surface area contributed by atoms with Crippen LogP contribution in [-0.4, -0.2) is 22.4 Å². The second-order valence-electron chi connectivity index (χ2n) is 5.72. The van der Waals surface area contributed by atoms with E-state index in [-0.39, 0.29) is 5.91 Å². The van der Waals surface area contributed by atoms with Gasteiger partial charge in [0.15, 0.2) is 0 Å². The van der Waals surface area contributed by atoms with Crippen LogP contribution in [0.15, 0.2) is 24.3 Å². The predicted molar refractivity (Wildman–Crippen MR) is 99.1 cm³/mol. The van der Waals surface area contributed by atoms with Crippen LogP contribution in [0.4, 0.5) is 0 Å². The molecule has 124 valence electrons. The third-order valence-corrected chi connectivity index (χ3v) is 5.34. The van der Waals surface area contributed by atoms with Crippen molar-refractivity contribution in [1.29, 1.82) is 0 Å². The van der Waals surface area contributed by atoms with Gasteiger partial charge in [-0.05, 0) is 50.5 Å². The highest BCUT2D eigenvalue weighted by Gasteiger charge is 2.18. The van der Waals surface area contributed by atoms with Gasteiger partial charge in [-0.15, -0.1) is 11.3 Å². The third-order valence-electron chi connectivity index (χ3n) is 3.90. The van der Waals surface area contributed by atoms with E-state index in [0.29, 0.717) is 11.4 Å². The van der Waals surface area contributed by atoms with Crippen molar-refractivity contribution in [3.8, 4) is 0 Å². The number of carbonyl (C=O) groups is 1. The van der Waals surface area contributed by atoms with Crippen molar-refractivity contribution in [2.45, 2.75) is 27.2 Å². The topological polar surface area (TPSA) is 54.9 Å². The van der Waals surface area contributed by atoms with Crippen molar-refractivity contribution in [1.82, 2.24) is 15.3 Å². The van der Waals surface area contributed by atoms with Crippen LogP contribution in [0, 0.1) is 20.8 Å². The molecule has 0 fully saturated rings. The van der Waals surface area contributed by atoms with Gasteiger partial charge in [-0.25, -0.2) is 9.97 Å². The van der Waals surface area contributed by atoms with Gasteiger partial charge in [-0.1, -0.05) is 23.7 Å². The van der Waals surface area contributed by atoms with E-state index >= 15 is 0 Å². The fourth-order valence-electron chi connectivity index (χ4n) is 2.74. The van der Waals surface area contributed by atoms with E-state index in [2.05, 4.69) is 15.3 Å². The maximum Gasteiger partial charge on any atom is 0.261 e. The quantitative estimate of drug-likeness (QED) is 0.757. The molecule has 1 aromatic carbocycles. The number of halogens is 1. The minimum Gasteiger partial charge on any atom is -0.351 e. The number of thiophene rings is 1. The molecule has 6 heteroatoms. The highest BCUT2D eigenvalue weighted by molar-refractivity contribution is 7.20. The molecule has 24 heavy (non-hydrogen) atoms. The second kappa shape index (κ2) is 6.87. The molecule has 0 saturated heterocycles. The number of carbonyl (C=O) groups excluding carboxylic acids is 1. The number of hydrogen-bond donors (Lipinski definition) is 1. The molecule has 0 aliphatic rings. The first-order chi connectivity index (χ1) is 11.5. The molecule has 0 bridgehead atoms. The van der Waals surface area contributed by atoms with Crippen LogP contribution in [0.3, 0.4) is 0 Å². The summed E-state index contributed by atoms with van der Waals surface area (Å²) < 4.78 is 0. The number of amides is 1. The summed E-state index contributed by atoms with van der Waals surface area (Å²) in [5, 5.41) is 4.70. The average Bonchev–Trinajstić information content (AvgIpc) is 2.86. The maximum absolute atomic E-state index is 12.5. The summed E-state index contributed by atoms with van der Waals surface area (Å²) >= 11 is 7.30. The van der Waals surface area contributed by atoms with Gasteiger partial charge >= 0.3 is 0 Å². The first-order valence-corrected chi connectivity index (χ1v) is 8.92. The summed E-state index contributed by atoms with van der Waals surface area (Å²) in [7, 11) is 0. The SMILES string of the molecule is Cc1nc(C)c2c(C)c(C(=O)NCCc3ccc(Cl)cc3)sc2n1. The number of benzene rings is 1. The van der Waals surface area contributed by atoms with Crippen molar-refractivity contribution in [3.63, 3.8) is 0 Å². The van der Waals surface area contributed by atoms with Crippen LogP contribution in [0.5, 0.6) is 0 Å². The number of nitrogens with zero attached hydrogens (tertiary/aromatic N) is 2. The normalized spacial score (nSPS) is 11.0. The van der Waals surface area contributed by atoms with Crippen molar-refractivity contribution in [2.24, 2.45) is 0 Å². The highest BCUT2D eigenvalue weighted by Crippen LogP contribution is 2.31. The smallest absolute Gasteiger partial charge is 0.261 e. The summed E-state index contributed by atoms with van der Waals surface area (Å²) in [4.78, 5) is 22.9. The molecule has 3 aromatic rings. The molecule has 2 aromatic heterocycles. The van der Waals surface area contributed by atoms with Gasteiger partial charge in [-0.3, -0.25) is 4.79 Å². The van der Waals surface area contributed by atoms with Gasteiger partial charge in [0, 0.05) is 22.6 Å². The zero-order valence-corrected chi connectivity index (χ0v) is 15.4. The highest BCUT2D eigenvalue weighted by atomic mass is 35.5. The Kier molecular flexibility index (Phi) is 4.83. The second-order valence-corrected chi connectivity index (χ2v) is 7.16. The molecule has 2 heterocycles. The van der Waals surface area contributed by atoms with Crippen LogP contribution >= 0.6 is 22.9 Å². The van der Waals surface area contributed by atoms with Gasteiger partial charge in [0.2, 0.25) is 0 Å². The fourth-order valence-corrected chi connectivity index (χ4v) is 4.06. The van der Waals surface area contributed by atoms with Crippen molar-refractivity contribution >= 4 is 39.1 Å². The molecule has 1 N–H and O–H groups in total. The molecule has 0 atom stereocenters. The number of fused-ring (bicyclic) bond motifs is 1. The molecule has 0 aliphatic carbocycles. The Balaban J connectivity index is 1.73. The van der Waals surface area contributed by atoms with Crippen molar-refractivity contribution in [3.05, 3.63) is 56.8 Å². The molecule has 0 unspecified atom stereocenters. The van der Waals surface area contributed by atoms with Gasteiger partial charge in [0.05, 0.1) is 4.88 Å². The van der Waals surface area contributed by atoms with Gasteiger partial charge in [0.25, 0.3) is 5.91 Å². The molecule has 0 aliphatic heterocycles. The summed E-state index contributed by atoms with van der Waals surface area (Å²) in [5.41, 5.74) is 3.02. The third kappa shape index (κ3) is 3.42. The minimum atomic E-state index is -0.0542. The average molecular weight is 360 g/mol. The Labute approximate surface area is 149 Å². The predicted octanol–water partition coefficient (Wildman–Crippen LogP) is 4.24. The number of hydrogen-bond acceptors (Lipinski definition) is 4. The van der Waals surface area contributed by atoms with E-state index in [4.69, 9.17) is 11.6 Å². The largest absolute Gasteiger partial charge is 0.351 e. The van der Waals surface area contributed by atoms with Gasteiger partial charge in [0.1, 0.15) is 10.7 Å². The van der Waals surface area contributed by atoms with Crippen LogP contribution < -0.4 is 5.32 Å². The lowest BCUT2D eigenvalue weighted by Crippen LogP contribution is -2.25. The Morgan fingerprint density at radius 3 is 2.58 bits per heavy atom. The molecule has 1 amide bonds. The molecule has 3 rings (SSSR count). The van der Waals surface area contributed by atoms with Crippen LogP contribution in [-0.2, 0) is 6.42 Å². The standard InChI is InChI=1S/C18H18ClN3OS/c1-10-15-11(2)21-12(3)22-18(15)24-16(10)17(23)20-9-8-13-4-6-14(19)7-5-13/h4-7H,8-9H2,1-3H3,(H,20,23). The lowest BCUT2D eigenvalue weighted by molar-refractivity contribution is 0.0957. The van der Waals surface area contributed by atoms with E-state index < -0.39 is 0 Å². The van der Waals surface area contributed by atoms with E-state index in [1.54, 1.807) is 0 Å². The Hall–Kier alpha value is -1.98. The first kappa shape index (κ1) is 16.9. The number of aromatic nitrogens is 2. The first-order valence-electron chi connectivity index (χ1n) is 7.72. The van der Waals surface area contributed by atoms with E-state index in [9.17, 15) is 4.79 Å². The maximum atomic E-state index is 12.5. The van der Waals surface area contributed by atoms with E-state index in [1.165, 1.54) is 11.3 Å². The summed E-state index contributed by atoms with van der Waals surface area (Å²) in [6.45, 7) is 6.36. The zero-order valence-electron chi connectivity index (χ0n) is 13.8. The Morgan fingerprint density at radius 2 is 1.88 bits per heavy atom. The van der Waals surface area contributed by atoms with E-state index in [1.807, 2.05) is 45.0 Å². The molecule has 0 radical (unpaired) electrons. The lowest BCUT2D eigenvalue weighted by Gasteiger charge is -2.05. The minimum absolute atomic E-state index is 0.0542. The van der Waals surface area contributed by atoms with Crippen molar-refractivity contribution < 1.29 is 4.79 Å².